The second-order valence-corrected chi connectivity index (χ2v) is 10.2. The highest BCUT2D eigenvalue weighted by Gasteiger charge is 2.31. The highest BCUT2D eigenvalue weighted by Crippen LogP contribution is 2.29. The molecule has 1 atom stereocenters. The Hall–Kier alpha value is -3.09. The molecule has 1 fully saturated rings. The molecule has 1 N–H and O–H groups in total. The molecule has 5 nitrogen and oxygen atoms in total. The lowest BCUT2D eigenvalue weighted by atomic mass is 9.96. The molecule has 3 aromatic carbocycles. The van der Waals surface area contributed by atoms with Crippen LogP contribution in [0, 0.1) is 6.92 Å². The normalized spacial score (nSPS) is 15.0. The fourth-order valence-corrected chi connectivity index (χ4v) is 5.33. The molecule has 1 saturated heterocycles. The molecule has 36 heavy (non-hydrogen) atoms. The van der Waals surface area contributed by atoms with E-state index >= 15 is 0 Å². The fraction of sp³-hybridized carbons (Fsp3) is 0.333. The zero-order valence-electron chi connectivity index (χ0n) is 21.1. The number of hydrogen-bond donors (Lipinski definition) is 1. The van der Waals surface area contributed by atoms with Crippen molar-refractivity contribution in [1.82, 2.24) is 15.1 Å². The number of amides is 2. The van der Waals surface area contributed by atoms with E-state index < -0.39 is 6.04 Å². The molecular formula is C30H35N3O2S. The third kappa shape index (κ3) is 6.37. The van der Waals surface area contributed by atoms with E-state index in [0.717, 1.165) is 24.4 Å². The molecule has 1 aliphatic rings. The summed E-state index contributed by atoms with van der Waals surface area (Å²) in [6, 6.07) is 28.3. The van der Waals surface area contributed by atoms with Gasteiger partial charge in [0.25, 0.3) is 5.91 Å². The van der Waals surface area contributed by atoms with Crippen LogP contribution in [0.1, 0.15) is 39.5 Å². The van der Waals surface area contributed by atoms with Crippen molar-refractivity contribution in [2.75, 3.05) is 38.2 Å². The van der Waals surface area contributed by atoms with Gasteiger partial charge >= 0.3 is 0 Å². The molecule has 6 heteroatoms. The summed E-state index contributed by atoms with van der Waals surface area (Å²) in [4.78, 5) is 30.9. The molecule has 4 rings (SSSR count). The lowest BCUT2D eigenvalue weighted by molar-refractivity contribution is -0.135. The summed E-state index contributed by atoms with van der Waals surface area (Å²) in [7, 11) is 0. The van der Waals surface area contributed by atoms with Crippen molar-refractivity contribution in [2.45, 2.75) is 25.4 Å². The van der Waals surface area contributed by atoms with Crippen LogP contribution in [0.25, 0.3) is 0 Å². The minimum absolute atomic E-state index is 0.0154. The number of piperazine rings is 1. The fourth-order valence-electron chi connectivity index (χ4n) is 4.86. The van der Waals surface area contributed by atoms with Gasteiger partial charge in [-0.3, -0.25) is 14.5 Å². The quantitative estimate of drug-likeness (QED) is 0.459. The third-order valence-electron chi connectivity index (χ3n) is 6.83. The summed E-state index contributed by atoms with van der Waals surface area (Å²) < 4.78 is 0. The number of nitrogens with one attached hydrogen (secondary N) is 1. The third-order valence-corrected chi connectivity index (χ3v) is 7.47. The van der Waals surface area contributed by atoms with E-state index in [9.17, 15) is 9.59 Å². The number of nitrogens with zero attached hydrogens (tertiary/aromatic N) is 2. The summed E-state index contributed by atoms with van der Waals surface area (Å²) in [6.45, 7) is 4.77. The molecule has 0 spiro atoms. The molecule has 0 aliphatic carbocycles. The monoisotopic (exact) mass is 501 g/mol. The Morgan fingerprint density at radius 1 is 0.833 bits per heavy atom. The van der Waals surface area contributed by atoms with Gasteiger partial charge in [-0.05, 0) is 48.1 Å². The first kappa shape index (κ1) is 26.0. The number of rotatable bonds is 9. The number of carbonyl (C=O) groups is 2. The van der Waals surface area contributed by atoms with Crippen molar-refractivity contribution in [3.8, 4) is 0 Å². The van der Waals surface area contributed by atoms with Crippen LogP contribution in [-0.2, 0) is 4.79 Å². The second kappa shape index (κ2) is 12.7. The Kier molecular flexibility index (Phi) is 9.20. The zero-order chi connectivity index (χ0) is 25.3. The Bertz CT molecular complexity index is 1090. The molecule has 0 saturated carbocycles. The Labute approximate surface area is 218 Å². The molecule has 0 aromatic heterocycles. The van der Waals surface area contributed by atoms with Crippen LogP contribution in [0.3, 0.4) is 0 Å². The van der Waals surface area contributed by atoms with Gasteiger partial charge in [0.2, 0.25) is 5.91 Å². The Balaban J connectivity index is 1.45. The van der Waals surface area contributed by atoms with Crippen LogP contribution in [0.2, 0.25) is 0 Å². The van der Waals surface area contributed by atoms with Gasteiger partial charge < -0.3 is 10.2 Å². The minimum atomic E-state index is -0.518. The Morgan fingerprint density at radius 3 is 1.94 bits per heavy atom. The van der Waals surface area contributed by atoms with Gasteiger partial charge in [0, 0.05) is 31.7 Å². The van der Waals surface area contributed by atoms with Gasteiger partial charge in [0.15, 0.2) is 0 Å². The average Bonchev–Trinajstić information content (AvgIpc) is 2.92. The predicted molar refractivity (Wildman–Crippen MR) is 148 cm³/mol. The minimum Gasteiger partial charge on any atom is -0.340 e. The molecule has 1 aliphatic heterocycles. The molecule has 1 heterocycles. The summed E-state index contributed by atoms with van der Waals surface area (Å²) >= 11 is 1.69. The molecule has 2 amide bonds. The van der Waals surface area contributed by atoms with Crippen LogP contribution >= 0.6 is 11.8 Å². The molecule has 0 bridgehead atoms. The molecule has 188 valence electrons. The standard InChI is InChI=1S/C30H35N3O2S/c1-23-11-9-10-16-26(23)29(34)31-27(17-22-36-2)30(35)33-20-18-32(19-21-33)28(24-12-5-3-6-13-24)25-14-7-4-8-15-25/h3-16,27-28H,17-22H2,1-2H3,(H,31,34). The van der Waals surface area contributed by atoms with Gasteiger partial charge in [-0.1, -0.05) is 78.9 Å². The lowest BCUT2D eigenvalue weighted by Crippen LogP contribution is -2.55. The highest BCUT2D eigenvalue weighted by atomic mass is 32.2. The van der Waals surface area contributed by atoms with Crippen molar-refractivity contribution in [2.24, 2.45) is 0 Å². The molecule has 0 radical (unpaired) electrons. The van der Waals surface area contributed by atoms with Crippen molar-refractivity contribution in [1.29, 1.82) is 0 Å². The van der Waals surface area contributed by atoms with Crippen molar-refractivity contribution >= 4 is 23.6 Å². The van der Waals surface area contributed by atoms with Gasteiger partial charge in [0.1, 0.15) is 6.04 Å². The first-order chi connectivity index (χ1) is 17.6. The zero-order valence-corrected chi connectivity index (χ0v) is 21.9. The molecular weight excluding hydrogens is 466 g/mol. The smallest absolute Gasteiger partial charge is 0.252 e. The van der Waals surface area contributed by atoms with Gasteiger partial charge in [-0.15, -0.1) is 0 Å². The number of aryl methyl sites for hydroxylation is 1. The van der Waals surface area contributed by atoms with Gasteiger partial charge in [-0.25, -0.2) is 0 Å². The van der Waals surface area contributed by atoms with Crippen molar-refractivity contribution < 1.29 is 9.59 Å². The lowest BCUT2D eigenvalue weighted by Gasteiger charge is -2.40. The van der Waals surface area contributed by atoms with E-state index in [-0.39, 0.29) is 17.9 Å². The van der Waals surface area contributed by atoms with Gasteiger partial charge in [-0.2, -0.15) is 11.8 Å². The maximum absolute atomic E-state index is 13.6. The molecule has 1 unspecified atom stereocenters. The highest BCUT2D eigenvalue weighted by molar-refractivity contribution is 7.98. The van der Waals surface area contributed by atoms with Gasteiger partial charge in [0.05, 0.1) is 6.04 Å². The first-order valence-corrected chi connectivity index (χ1v) is 14.0. The van der Waals surface area contributed by atoms with E-state index in [1.165, 1.54) is 11.1 Å². The van der Waals surface area contributed by atoms with E-state index in [2.05, 4.69) is 58.7 Å². The Morgan fingerprint density at radius 2 is 1.39 bits per heavy atom. The van der Waals surface area contributed by atoms with Crippen LogP contribution in [-0.4, -0.2) is 65.8 Å². The number of benzene rings is 3. The van der Waals surface area contributed by atoms with Crippen molar-refractivity contribution in [3.63, 3.8) is 0 Å². The largest absolute Gasteiger partial charge is 0.340 e. The van der Waals surface area contributed by atoms with E-state index in [4.69, 9.17) is 0 Å². The summed E-state index contributed by atoms with van der Waals surface area (Å²) in [5, 5.41) is 3.03. The number of hydrogen-bond acceptors (Lipinski definition) is 4. The second-order valence-electron chi connectivity index (χ2n) is 9.21. The summed E-state index contributed by atoms with van der Waals surface area (Å²) in [5.41, 5.74) is 4.05. The number of thioether (sulfide) groups is 1. The van der Waals surface area contributed by atoms with Crippen LogP contribution in [0.4, 0.5) is 0 Å². The maximum Gasteiger partial charge on any atom is 0.252 e. The molecule has 3 aromatic rings. The van der Waals surface area contributed by atoms with Crippen molar-refractivity contribution in [3.05, 3.63) is 107 Å². The summed E-state index contributed by atoms with van der Waals surface area (Å²) in [5.74, 6) is 0.648. The summed E-state index contributed by atoms with van der Waals surface area (Å²) in [6.07, 6.45) is 2.64. The topological polar surface area (TPSA) is 52.7 Å². The first-order valence-electron chi connectivity index (χ1n) is 12.6. The SMILES string of the molecule is CSCCC(NC(=O)c1ccccc1C)C(=O)N1CCN(C(c2ccccc2)c2ccccc2)CC1. The van der Waals surface area contributed by atoms with E-state index in [1.807, 2.05) is 54.5 Å². The maximum atomic E-state index is 13.6. The predicted octanol–water partition coefficient (Wildman–Crippen LogP) is 4.78. The van der Waals surface area contributed by atoms with Crippen LogP contribution in [0.15, 0.2) is 84.9 Å². The average molecular weight is 502 g/mol. The van der Waals surface area contributed by atoms with Crippen LogP contribution in [0.5, 0.6) is 0 Å². The number of carbonyl (C=O) groups excluding carboxylic acids is 2. The van der Waals surface area contributed by atoms with E-state index in [0.29, 0.717) is 25.1 Å². The van der Waals surface area contributed by atoms with E-state index in [1.54, 1.807) is 11.8 Å². The van der Waals surface area contributed by atoms with Crippen LogP contribution < -0.4 is 5.32 Å².